The first kappa shape index (κ1) is 25.8. The Hall–Kier alpha value is -1.27. The fraction of sp³-hybridized carbons (Fsp3) is 0.632. The summed E-state index contributed by atoms with van der Waals surface area (Å²) >= 11 is 0. The van der Waals surface area contributed by atoms with Gasteiger partial charge in [0.25, 0.3) is 0 Å². The van der Waals surface area contributed by atoms with Gasteiger partial charge in [-0.1, -0.05) is 12.1 Å². The molecule has 0 radical (unpaired) electrons. The number of hydrogen-bond acceptors (Lipinski definition) is 4. The lowest BCUT2D eigenvalue weighted by molar-refractivity contribution is -0.153. The molecule has 1 aliphatic heterocycles. The number of likely N-dealkylation sites (N-methyl/N-ethyl adjacent to an activating group) is 2. The number of piperazine rings is 1. The Bertz CT molecular complexity index is 627. The monoisotopic (exact) mass is 529 g/mol. The summed E-state index contributed by atoms with van der Waals surface area (Å²) in [5.41, 5.74) is 0.895. The summed E-state index contributed by atoms with van der Waals surface area (Å²) in [5.74, 6) is 0.918. The molecule has 0 amide bonds. The van der Waals surface area contributed by atoms with Crippen LogP contribution in [0, 0.1) is 0 Å². The van der Waals surface area contributed by atoms with Crippen molar-refractivity contribution in [3.05, 3.63) is 29.8 Å². The van der Waals surface area contributed by atoms with Crippen molar-refractivity contribution in [1.29, 1.82) is 0 Å². The first-order chi connectivity index (χ1) is 13.3. The van der Waals surface area contributed by atoms with Crippen LogP contribution in [0.5, 0.6) is 5.75 Å². The van der Waals surface area contributed by atoms with Crippen LogP contribution in [0.4, 0.5) is 13.2 Å². The van der Waals surface area contributed by atoms with E-state index in [1.165, 1.54) is 12.1 Å². The number of rotatable bonds is 7. The highest BCUT2D eigenvalue weighted by Gasteiger charge is 2.28. The number of aliphatic imine (C=N–C) groups is 1. The number of benzene rings is 1. The molecule has 0 saturated carbocycles. The van der Waals surface area contributed by atoms with Gasteiger partial charge >= 0.3 is 6.18 Å². The second-order valence-electron chi connectivity index (χ2n) is 7.02. The SMILES string of the molecule is CCNC(=NCc1ccc(OCC(F)(F)F)cc1)NCC1CN(C)CCN1C.I. The van der Waals surface area contributed by atoms with Crippen LogP contribution in [-0.2, 0) is 6.54 Å². The summed E-state index contributed by atoms with van der Waals surface area (Å²) < 4.78 is 41.3. The van der Waals surface area contributed by atoms with Gasteiger partial charge in [-0.2, -0.15) is 13.2 Å². The molecular weight excluding hydrogens is 498 g/mol. The van der Waals surface area contributed by atoms with Crippen LogP contribution in [0.15, 0.2) is 29.3 Å². The first-order valence-corrected chi connectivity index (χ1v) is 9.46. The maximum absolute atomic E-state index is 12.2. The third-order valence-electron chi connectivity index (χ3n) is 4.58. The number of hydrogen-bond donors (Lipinski definition) is 2. The fourth-order valence-corrected chi connectivity index (χ4v) is 2.90. The van der Waals surface area contributed by atoms with E-state index < -0.39 is 12.8 Å². The van der Waals surface area contributed by atoms with Crippen LogP contribution in [0.2, 0.25) is 0 Å². The van der Waals surface area contributed by atoms with Crippen molar-refractivity contribution in [1.82, 2.24) is 20.4 Å². The van der Waals surface area contributed by atoms with E-state index in [9.17, 15) is 13.2 Å². The molecule has 1 aromatic rings. The highest BCUT2D eigenvalue weighted by Crippen LogP contribution is 2.19. The Balaban J connectivity index is 0.00000420. The van der Waals surface area contributed by atoms with E-state index in [1.54, 1.807) is 12.1 Å². The Labute approximate surface area is 187 Å². The molecule has 1 unspecified atom stereocenters. The van der Waals surface area contributed by atoms with E-state index in [0.29, 0.717) is 12.6 Å². The lowest BCUT2D eigenvalue weighted by Gasteiger charge is -2.37. The van der Waals surface area contributed by atoms with Crippen molar-refractivity contribution in [2.24, 2.45) is 4.99 Å². The van der Waals surface area contributed by atoms with Crippen molar-refractivity contribution in [3.8, 4) is 5.75 Å². The molecule has 1 atom stereocenters. The predicted molar refractivity (Wildman–Crippen MR) is 120 cm³/mol. The lowest BCUT2D eigenvalue weighted by atomic mass is 10.2. The van der Waals surface area contributed by atoms with E-state index >= 15 is 0 Å². The molecule has 1 aromatic carbocycles. The summed E-state index contributed by atoms with van der Waals surface area (Å²) in [4.78, 5) is 9.23. The second kappa shape index (κ2) is 12.4. The van der Waals surface area contributed by atoms with Crippen LogP contribution >= 0.6 is 24.0 Å². The second-order valence-corrected chi connectivity index (χ2v) is 7.02. The maximum Gasteiger partial charge on any atom is 0.422 e. The molecule has 29 heavy (non-hydrogen) atoms. The third kappa shape index (κ3) is 9.85. The molecule has 0 bridgehead atoms. The highest BCUT2D eigenvalue weighted by atomic mass is 127. The van der Waals surface area contributed by atoms with Crippen molar-refractivity contribution in [2.45, 2.75) is 25.7 Å². The van der Waals surface area contributed by atoms with Crippen LogP contribution < -0.4 is 15.4 Å². The zero-order chi connectivity index (χ0) is 20.6. The van der Waals surface area contributed by atoms with Gasteiger partial charge in [-0.15, -0.1) is 24.0 Å². The number of nitrogens with one attached hydrogen (secondary N) is 2. The van der Waals surface area contributed by atoms with E-state index in [1.807, 2.05) is 6.92 Å². The summed E-state index contributed by atoms with van der Waals surface area (Å²) in [6.07, 6.45) is -4.34. The van der Waals surface area contributed by atoms with Crippen LogP contribution in [0.3, 0.4) is 0 Å². The van der Waals surface area contributed by atoms with Gasteiger partial charge in [-0.25, -0.2) is 4.99 Å². The maximum atomic E-state index is 12.2. The Morgan fingerprint density at radius 1 is 1.17 bits per heavy atom. The number of nitrogens with zero attached hydrogens (tertiary/aromatic N) is 3. The standard InChI is InChI=1S/C19H30F3N5O.HI/c1-4-23-18(25-12-16-13-26(2)9-10-27(16)3)24-11-15-5-7-17(8-6-15)28-14-19(20,21)22;/h5-8,16H,4,9-14H2,1-3H3,(H2,23,24,25);1H. The molecule has 1 aliphatic rings. The number of alkyl halides is 3. The van der Waals surface area contributed by atoms with Gasteiger partial charge in [0.2, 0.25) is 0 Å². The lowest BCUT2D eigenvalue weighted by Crippen LogP contribution is -2.55. The van der Waals surface area contributed by atoms with Crippen molar-refractivity contribution in [2.75, 3.05) is 53.4 Å². The minimum atomic E-state index is -4.34. The van der Waals surface area contributed by atoms with E-state index in [0.717, 1.165) is 44.2 Å². The van der Waals surface area contributed by atoms with Gasteiger partial charge in [-0.05, 0) is 38.7 Å². The van der Waals surface area contributed by atoms with Gasteiger partial charge in [0.1, 0.15) is 5.75 Å². The van der Waals surface area contributed by atoms with Gasteiger partial charge in [-0.3, -0.25) is 4.90 Å². The first-order valence-electron chi connectivity index (χ1n) is 9.46. The number of halogens is 4. The molecule has 0 aliphatic carbocycles. The molecule has 1 saturated heterocycles. The predicted octanol–water partition coefficient (Wildman–Crippen LogP) is 2.55. The summed E-state index contributed by atoms with van der Waals surface area (Å²) in [6.45, 7) is 5.79. The van der Waals surface area contributed by atoms with Gasteiger partial charge in [0, 0.05) is 38.8 Å². The molecule has 166 valence electrons. The largest absolute Gasteiger partial charge is 0.484 e. The van der Waals surface area contributed by atoms with Gasteiger partial charge < -0.3 is 20.3 Å². The molecule has 6 nitrogen and oxygen atoms in total. The summed E-state index contributed by atoms with van der Waals surface area (Å²) in [6, 6.07) is 6.92. The topological polar surface area (TPSA) is 52.1 Å². The minimum absolute atomic E-state index is 0. The molecule has 1 fully saturated rings. The molecule has 2 N–H and O–H groups in total. The normalized spacial score (nSPS) is 18.8. The summed E-state index contributed by atoms with van der Waals surface area (Å²) in [5, 5.41) is 6.60. The Morgan fingerprint density at radius 2 is 1.86 bits per heavy atom. The molecule has 0 aromatic heterocycles. The highest BCUT2D eigenvalue weighted by molar-refractivity contribution is 14.0. The zero-order valence-corrected chi connectivity index (χ0v) is 19.5. The fourth-order valence-electron chi connectivity index (χ4n) is 2.90. The van der Waals surface area contributed by atoms with Crippen molar-refractivity contribution >= 4 is 29.9 Å². The molecule has 2 rings (SSSR count). The van der Waals surface area contributed by atoms with E-state index in [2.05, 4.69) is 39.5 Å². The zero-order valence-electron chi connectivity index (χ0n) is 17.1. The number of ether oxygens (including phenoxy) is 1. The summed E-state index contributed by atoms with van der Waals surface area (Å²) in [7, 11) is 4.26. The average molecular weight is 529 g/mol. The molecule has 10 heteroatoms. The molecule has 0 spiro atoms. The van der Waals surface area contributed by atoms with Crippen molar-refractivity contribution < 1.29 is 17.9 Å². The third-order valence-corrected chi connectivity index (χ3v) is 4.58. The smallest absolute Gasteiger partial charge is 0.422 e. The Kier molecular flexibility index (Phi) is 11.0. The van der Waals surface area contributed by atoms with E-state index in [4.69, 9.17) is 4.74 Å². The molecular formula is C19H31F3IN5O. The molecule has 1 heterocycles. The van der Waals surface area contributed by atoms with Gasteiger partial charge in [0.15, 0.2) is 12.6 Å². The van der Waals surface area contributed by atoms with Crippen LogP contribution in [-0.4, -0.2) is 81.4 Å². The van der Waals surface area contributed by atoms with E-state index in [-0.39, 0.29) is 29.7 Å². The van der Waals surface area contributed by atoms with Crippen LogP contribution in [0.25, 0.3) is 0 Å². The number of guanidine groups is 1. The van der Waals surface area contributed by atoms with Gasteiger partial charge in [0.05, 0.1) is 6.54 Å². The Morgan fingerprint density at radius 3 is 2.48 bits per heavy atom. The van der Waals surface area contributed by atoms with Crippen molar-refractivity contribution in [3.63, 3.8) is 0 Å². The average Bonchev–Trinajstić information content (AvgIpc) is 2.65. The van der Waals surface area contributed by atoms with Crippen LogP contribution in [0.1, 0.15) is 12.5 Å². The quantitative estimate of drug-likeness (QED) is 0.323. The minimum Gasteiger partial charge on any atom is -0.484 e.